The zero-order valence-corrected chi connectivity index (χ0v) is 10.5. The Bertz CT molecular complexity index is 445. The Morgan fingerprint density at radius 1 is 1.06 bits per heavy atom. The Morgan fingerprint density at radius 3 is 2.35 bits per heavy atom. The van der Waals surface area contributed by atoms with Crippen LogP contribution in [0.1, 0.15) is 49.2 Å². The molecule has 17 heavy (non-hydrogen) atoms. The van der Waals surface area contributed by atoms with Gasteiger partial charge in [0.25, 0.3) is 0 Å². The number of hydrogen-bond donors (Lipinski definition) is 1. The molecule has 0 spiro atoms. The van der Waals surface area contributed by atoms with E-state index in [0.29, 0.717) is 11.8 Å². The van der Waals surface area contributed by atoms with Crippen molar-refractivity contribution in [2.24, 2.45) is 0 Å². The normalized spacial score (nSPS) is 14.8. The van der Waals surface area contributed by atoms with Gasteiger partial charge in [-0.25, -0.2) is 0 Å². The largest absolute Gasteiger partial charge is 0.465 e. The summed E-state index contributed by atoms with van der Waals surface area (Å²) >= 11 is 0. The van der Waals surface area contributed by atoms with Gasteiger partial charge in [-0.15, -0.1) is 10.2 Å². The fourth-order valence-corrected chi connectivity index (χ4v) is 1.70. The molecule has 2 aromatic rings. The van der Waals surface area contributed by atoms with Gasteiger partial charge in [-0.2, -0.15) is 0 Å². The minimum Gasteiger partial charge on any atom is -0.465 e. The SMILES string of the molecule is Cc1ccc([C@H](C)N[C@@H](C)c2nnc(C)o2)o1. The molecule has 1 N–H and O–H groups in total. The van der Waals surface area contributed by atoms with Crippen molar-refractivity contribution in [1.82, 2.24) is 15.5 Å². The van der Waals surface area contributed by atoms with Crippen molar-refractivity contribution in [1.29, 1.82) is 0 Å². The summed E-state index contributed by atoms with van der Waals surface area (Å²) in [5.41, 5.74) is 0. The molecule has 0 saturated carbocycles. The van der Waals surface area contributed by atoms with Crippen LogP contribution in [0.15, 0.2) is 21.0 Å². The van der Waals surface area contributed by atoms with Crippen LogP contribution in [0.25, 0.3) is 0 Å². The standard InChI is InChI=1S/C12H17N3O2/c1-7-5-6-11(16-7)8(2)13-9(3)12-15-14-10(4)17-12/h5-6,8-9,13H,1-4H3/t8-,9-/m0/s1. The van der Waals surface area contributed by atoms with E-state index in [1.54, 1.807) is 6.92 Å². The van der Waals surface area contributed by atoms with Crippen molar-refractivity contribution in [3.05, 3.63) is 35.4 Å². The number of rotatable bonds is 4. The van der Waals surface area contributed by atoms with E-state index in [4.69, 9.17) is 8.83 Å². The summed E-state index contributed by atoms with van der Waals surface area (Å²) in [5.74, 6) is 2.99. The smallest absolute Gasteiger partial charge is 0.233 e. The van der Waals surface area contributed by atoms with E-state index >= 15 is 0 Å². The fourth-order valence-electron chi connectivity index (χ4n) is 1.70. The molecule has 0 bridgehead atoms. The molecule has 0 aliphatic carbocycles. The summed E-state index contributed by atoms with van der Waals surface area (Å²) in [4.78, 5) is 0. The molecule has 0 unspecified atom stereocenters. The highest BCUT2D eigenvalue weighted by Crippen LogP contribution is 2.20. The molecule has 5 heteroatoms. The number of aryl methyl sites for hydroxylation is 2. The Hall–Kier alpha value is -1.62. The van der Waals surface area contributed by atoms with Crippen LogP contribution < -0.4 is 5.32 Å². The maximum absolute atomic E-state index is 5.56. The predicted octanol–water partition coefficient (Wildman–Crippen LogP) is 2.69. The number of nitrogens with zero attached hydrogens (tertiary/aromatic N) is 2. The van der Waals surface area contributed by atoms with E-state index < -0.39 is 0 Å². The molecular weight excluding hydrogens is 218 g/mol. The number of nitrogens with one attached hydrogen (secondary N) is 1. The lowest BCUT2D eigenvalue weighted by atomic mass is 10.2. The maximum Gasteiger partial charge on any atom is 0.233 e. The van der Waals surface area contributed by atoms with Gasteiger partial charge in [0.05, 0.1) is 12.1 Å². The van der Waals surface area contributed by atoms with Crippen LogP contribution in [0.2, 0.25) is 0 Å². The summed E-state index contributed by atoms with van der Waals surface area (Å²) in [6, 6.07) is 4.02. The monoisotopic (exact) mass is 235 g/mol. The maximum atomic E-state index is 5.56. The highest BCUT2D eigenvalue weighted by atomic mass is 16.4. The first-order valence-corrected chi connectivity index (χ1v) is 5.68. The van der Waals surface area contributed by atoms with Crippen molar-refractivity contribution < 1.29 is 8.83 Å². The van der Waals surface area contributed by atoms with Crippen LogP contribution >= 0.6 is 0 Å². The molecule has 2 atom stereocenters. The van der Waals surface area contributed by atoms with E-state index in [1.807, 2.05) is 32.9 Å². The van der Waals surface area contributed by atoms with Crippen LogP contribution in [-0.4, -0.2) is 10.2 Å². The molecule has 0 amide bonds. The summed E-state index contributed by atoms with van der Waals surface area (Å²) < 4.78 is 10.9. The van der Waals surface area contributed by atoms with E-state index in [-0.39, 0.29) is 12.1 Å². The molecule has 5 nitrogen and oxygen atoms in total. The van der Waals surface area contributed by atoms with Crippen molar-refractivity contribution >= 4 is 0 Å². The van der Waals surface area contributed by atoms with Gasteiger partial charge in [0.2, 0.25) is 11.8 Å². The first-order chi connectivity index (χ1) is 8.06. The van der Waals surface area contributed by atoms with Crippen LogP contribution in [0.4, 0.5) is 0 Å². The molecule has 0 saturated heterocycles. The zero-order valence-electron chi connectivity index (χ0n) is 10.5. The predicted molar refractivity (Wildman–Crippen MR) is 62.4 cm³/mol. The second-order valence-electron chi connectivity index (χ2n) is 4.22. The third-order valence-electron chi connectivity index (χ3n) is 2.60. The average molecular weight is 235 g/mol. The van der Waals surface area contributed by atoms with Crippen molar-refractivity contribution in [3.8, 4) is 0 Å². The Kier molecular flexibility index (Phi) is 3.28. The van der Waals surface area contributed by atoms with Crippen LogP contribution in [0.5, 0.6) is 0 Å². The fraction of sp³-hybridized carbons (Fsp3) is 0.500. The van der Waals surface area contributed by atoms with Gasteiger partial charge in [-0.3, -0.25) is 5.32 Å². The molecule has 0 aliphatic rings. The molecule has 0 fully saturated rings. The summed E-state index contributed by atoms with van der Waals surface area (Å²) in [7, 11) is 0. The third-order valence-corrected chi connectivity index (χ3v) is 2.60. The van der Waals surface area contributed by atoms with E-state index in [0.717, 1.165) is 11.5 Å². The lowest BCUT2D eigenvalue weighted by Gasteiger charge is -2.15. The second kappa shape index (κ2) is 4.71. The molecule has 2 rings (SSSR count). The van der Waals surface area contributed by atoms with E-state index in [9.17, 15) is 0 Å². The Morgan fingerprint density at radius 2 is 1.82 bits per heavy atom. The lowest BCUT2D eigenvalue weighted by Crippen LogP contribution is -2.22. The quantitative estimate of drug-likeness (QED) is 0.882. The lowest BCUT2D eigenvalue weighted by molar-refractivity contribution is 0.349. The highest BCUT2D eigenvalue weighted by molar-refractivity contribution is 5.09. The second-order valence-corrected chi connectivity index (χ2v) is 4.22. The minimum absolute atomic E-state index is 0.00314. The van der Waals surface area contributed by atoms with Crippen molar-refractivity contribution in [3.63, 3.8) is 0 Å². The average Bonchev–Trinajstić information content (AvgIpc) is 2.87. The van der Waals surface area contributed by atoms with Gasteiger partial charge in [0.15, 0.2) is 0 Å². The van der Waals surface area contributed by atoms with Gasteiger partial charge in [-0.1, -0.05) is 0 Å². The number of hydrogen-bond acceptors (Lipinski definition) is 5. The van der Waals surface area contributed by atoms with Crippen molar-refractivity contribution in [2.75, 3.05) is 0 Å². The van der Waals surface area contributed by atoms with Gasteiger partial charge in [0, 0.05) is 6.92 Å². The molecule has 2 heterocycles. The third kappa shape index (κ3) is 2.74. The molecule has 0 aromatic carbocycles. The molecular formula is C12H17N3O2. The van der Waals surface area contributed by atoms with Gasteiger partial charge in [-0.05, 0) is 32.9 Å². The van der Waals surface area contributed by atoms with Crippen molar-refractivity contribution in [2.45, 2.75) is 39.8 Å². The van der Waals surface area contributed by atoms with Crippen LogP contribution in [0.3, 0.4) is 0 Å². The summed E-state index contributed by atoms with van der Waals surface area (Å²) in [6.07, 6.45) is 0. The van der Waals surface area contributed by atoms with Gasteiger partial charge < -0.3 is 8.83 Å². The summed E-state index contributed by atoms with van der Waals surface area (Å²) in [6.45, 7) is 7.74. The minimum atomic E-state index is -0.00314. The zero-order chi connectivity index (χ0) is 12.4. The highest BCUT2D eigenvalue weighted by Gasteiger charge is 2.17. The molecule has 0 aliphatic heterocycles. The van der Waals surface area contributed by atoms with Crippen LogP contribution in [0, 0.1) is 13.8 Å². The Labute approximate surface area is 100 Å². The van der Waals surface area contributed by atoms with E-state index in [2.05, 4.69) is 15.5 Å². The molecule has 92 valence electrons. The first-order valence-electron chi connectivity index (χ1n) is 5.68. The van der Waals surface area contributed by atoms with Gasteiger partial charge >= 0.3 is 0 Å². The Balaban J connectivity index is 2.01. The van der Waals surface area contributed by atoms with Crippen LogP contribution in [-0.2, 0) is 0 Å². The van der Waals surface area contributed by atoms with E-state index in [1.165, 1.54) is 0 Å². The first kappa shape index (κ1) is 11.9. The topological polar surface area (TPSA) is 64.1 Å². The number of aromatic nitrogens is 2. The summed E-state index contributed by atoms with van der Waals surface area (Å²) in [5, 5.41) is 11.1. The molecule has 0 radical (unpaired) electrons. The van der Waals surface area contributed by atoms with Gasteiger partial charge in [0.1, 0.15) is 11.5 Å². The molecule has 2 aromatic heterocycles. The number of furan rings is 1.